The molecule has 1 unspecified atom stereocenters. The first kappa shape index (κ1) is 20.8. The van der Waals surface area contributed by atoms with E-state index in [1.807, 2.05) is 6.07 Å². The molecule has 0 bridgehead atoms. The molecule has 0 amide bonds. The third kappa shape index (κ3) is 4.08. The van der Waals surface area contributed by atoms with Crippen LogP contribution in [0.2, 0.25) is 0 Å². The Labute approximate surface area is 165 Å². The van der Waals surface area contributed by atoms with Crippen LogP contribution in [0.15, 0.2) is 52.3 Å². The van der Waals surface area contributed by atoms with Crippen LogP contribution in [0, 0.1) is 13.8 Å². The fourth-order valence-electron chi connectivity index (χ4n) is 3.19. The van der Waals surface area contributed by atoms with Crippen molar-refractivity contribution in [1.82, 2.24) is 0 Å². The molecule has 1 aliphatic heterocycles. The van der Waals surface area contributed by atoms with E-state index in [9.17, 15) is 25.3 Å². The van der Waals surface area contributed by atoms with Crippen molar-refractivity contribution in [3.63, 3.8) is 0 Å². The van der Waals surface area contributed by atoms with E-state index in [1.54, 1.807) is 26.0 Å². The normalized spacial score (nSPS) is 19.4. The monoisotopic (exact) mass is 443 g/mol. The third-order valence-electron chi connectivity index (χ3n) is 4.79. The molecule has 7 nitrogen and oxygen atoms in total. The van der Waals surface area contributed by atoms with E-state index in [-0.39, 0.29) is 22.0 Å². The number of aryl methyl sites for hydroxylation is 2. The highest BCUT2D eigenvalue weighted by Crippen LogP contribution is 2.28. The number of sulfone groups is 2. The standard InChI is InChI=1S/C18H21NO6S3/c1-13-5-3-6-14(2)18(13)19-28(24,25)16-8-4-7-15(11-16)27(22,23)17-9-10-26(20,21)12-17/h3-8,11,17,19H,9-10,12H2,1-2H3. The molecule has 0 aromatic heterocycles. The molecule has 0 aliphatic carbocycles. The van der Waals surface area contributed by atoms with Gasteiger partial charge in [-0.3, -0.25) is 4.72 Å². The summed E-state index contributed by atoms with van der Waals surface area (Å²) in [4.78, 5) is -0.393. The van der Waals surface area contributed by atoms with Crippen LogP contribution in [0.25, 0.3) is 0 Å². The molecule has 1 atom stereocenters. The number of hydrogen-bond donors (Lipinski definition) is 1. The van der Waals surface area contributed by atoms with E-state index in [1.165, 1.54) is 18.2 Å². The maximum absolute atomic E-state index is 12.8. The molecular weight excluding hydrogens is 422 g/mol. The van der Waals surface area contributed by atoms with Crippen molar-refractivity contribution in [3.05, 3.63) is 53.6 Å². The van der Waals surface area contributed by atoms with Gasteiger partial charge in [0, 0.05) is 0 Å². The topological polar surface area (TPSA) is 114 Å². The minimum absolute atomic E-state index is 0.0162. The lowest BCUT2D eigenvalue weighted by molar-refractivity contribution is 0.582. The third-order valence-corrected chi connectivity index (χ3v) is 10.3. The summed E-state index contributed by atoms with van der Waals surface area (Å²) in [6, 6.07) is 10.4. The first-order valence-corrected chi connectivity index (χ1v) is 13.4. The second-order valence-corrected chi connectivity index (χ2v) is 13.1. The zero-order valence-electron chi connectivity index (χ0n) is 15.4. The first-order valence-electron chi connectivity index (χ1n) is 8.56. The van der Waals surface area contributed by atoms with Crippen molar-refractivity contribution in [2.75, 3.05) is 16.2 Å². The van der Waals surface area contributed by atoms with Gasteiger partial charge >= 0.3 is 0 Å². The van der Waals surface area contributed by atoms with Crippen LogP contribution in [-0.4, -0.2) is 42.0 Å². The van der Waals surface area contributed by atoms with Crippen molar-refractivity contribution in [3.8, 4) is 0 Å². The predicted octanol–water partition coefficient (Wildman–Crippen LogP) is 2.07. The van der Waals surface area contributed by atoms with Gasteiger partial charge in [-0.1, -0.05) is 24.3 Å². The van der Waals surface area contributed by atoms with Gasteiger partial charge in [-0.05, 0) is 49.6 Å². The summed E-state index contributed by atoms with van der Waals surface area (Å²) in [6.07, 6.45) is 0.0162. The highest BCUT2D eigenvalue weighted by molar-refractivity contribution is 7.96. The first-order chi connectivity index (χ1) is 12.9. The summed E-state index contributed by atoms with van der Waals surface area (Å²) in [7, 11) is -11.4. The van der Waals surface area contributed by atoms with Crippen molar-refractivity contribution in [1.29, 1.82) is 0 Å². The van der Waals surface area contributed by atoms with Crippen LogP contribution in [0.1, 0.15) is 17.5 Å². The van der Waals surface area contributed by atoms with E-state index in [2.05, 4.69) is 4.72 Å². The van der Waals surface area contributed by atoms with Gasteiger partial charge in [-0.2, -0.15) is 0 Å². The molecule has 152 valence electrons. The quantitative estimate of drug-likeness (QED) is 0.757. The summed E-state index contributed by atoms with van der Waals surface area (Å²) < 4.78 is 77.0. The Morgan fingerprint density at radius 2 is 1.50 bits per heavy atom. The van der Waals surface area contributed by atoms with Gasteiger partial charge in [-0.15, -0.1) is 0 Å². The molecule has 1 saturated heterocycles. The average Bonchev–Trinajstić information content (AvgIpc) is 2.99. The molecule has 2 aromatic rings. The molecule has 1 N–H and O–H groups in total. The summed E-state index contributed by atoms with van der Waals surface area (Å²) in [5, 5.41) is -1.05. The second-order valence-electron chi connectivity index (χ2n) is 6.92. The van der Waals surface area contributed by atoms with Gasteiger partial charge in [0.1, 0.15) is 0 Å². The Kier molecular flexibility index (Phi) is 5.32. The highest BCUT2D eigenvalue weighted by atomic mass is 32.2. The van der Waals surface area contributed by atoms with Crippen molar-refractivity contribution in [2.24, 2.45) is 0 Å². The molecule has 0 spiro atoms. The van der Waals surface area contributed by atoms with Crippen LogP contribution in [-0.2, 0) is 29.7 Å². The number of nitrogens with one attached hydrogen (secondary N) is 1. The minimum Gasteiger partial charge on any atom is -0.279 e. The number of anilines is 1. The summed E-state index contributed by atoms with van der Waals surface area (Å²) in [6.45, 7) is 3.54. The van der Waals surface area contributed by atoms with Crippen LogP contribution >= 0.6 is 0 Å². The Morgan fingerprint density at radius 1 is 0.929 bits per heavy atom. The van der Waals surface area contributed by atoms with E-state index in [4.69, 9.17) is 0 Å². The molecule has 0 radical (unpaired) electrons. The Hall–Kier alpha value is -1.91. The summed E-state index contributed by atoms with van der Waals surface area (Å²) in [5.41, 5.74) is 1.92. The second kappa shape index (κ2) is 7.16. The van der Waals surface area contributed by atoms with Gasteiger partial charge in [-0.25, -0.2) is 25.3 Å². The summed E-state index contributed by atoms with van der Waals surface area (Å²) in [5.74, 6) is -0.615. The van der Waals surface area contributed by atoms with Crippen LogP contribution in [0.4, 0.5) is 5.69 Å². The fraction of sp³-hybridized carbons (Fsp3) is 0.333. The molecular formula is C18H21NO6S3. The number of hydrogen-bond acceptors (Lipinski definition) is 6. The minimum atomic E-state index is -4.02. The highest BCUT2D eigenvalue weighted by Gasteiger charge is 2.38. The van der Waals surface area contributed by atoms with Gasteiger partial charge in [0.2, 0.25) is 0 Å². The lowest BCUT2D eigenvalue weighted by Gasteiger charge is -2.15. The molecule has 10 heteroatoms. The molecule has 3 rings (SSSR count). The zero-order chi connectivity index (χ0) is 20.7. The predicted molar refractivity (Wildman–Crippen MR) is 107 cm³/mol. The van der Waals surface area contributed by atoms with E-state index in [0.717, 1.165) is 17.2 Å². The van der Waals surface area contributed by atoms with Gasteiger partial charge in [0.15, 0.2) is 19.7 Å². The summed E-state index contributed by atoms with van der Waals surface area (Å²) >= 11 is 0. The van der Waals surface area contributed by atoms with Gasteiger partial charge in [0.05, 0.1) is 32.2 Å². The molecule has 0 saturated carbocycles. The molecule has 2 aromatic carbocycles. The van der Waals surface area contributed by atoms with Crippen LogP contribution < -0.4 is 4.72 Å². The van der Waals surface area contributed by atoms with Gasteiger partial charge in [0.25, 0.3) is 10.0 Å². The largest absolute Gasteiger partial charge is 0.279 e. The Morgan fingerprint density at radius 3 is 2.07 bits per heavy atom. The maximum Gasteiger partial charge on any atom is 0.261 e. The van der Waals surface area contributed by atoms with Crippen molar-refractivity contribution >= 4 is 35.4 Å². The van der Waals surface area contributed by atoms with Crippen molar-refractivity contribution in [2.45, 2.75) is 35.3 Å². The maximum atomic E-state index is 12.8. The number of para-hydroxylation sites is 1. The lowest BCUT2D eigenvalue weighted by atomic mass is 10.1. The Balaban J connectivity index is 1.97. The van der Waals surface area contributed by atoms with Crippen LogP contribution in [0.3, 0.4) is 0 Å². The average molecular weight is 444 g/mol. The lowest BCUT2D eigenvalue weighted by Crippen LogP contribution is -2.23. The molecule has 28 heavy (non-hydrogen) atoms. The number of benzene rings is 2. The van der Waals surface area contributed by atoms with Crippen molar-refractivity contribution < 1.29 is 25.3 Å². The molecule has 1 heterocycles. The van der Waals surface area contributed by atoms with E-state index < -0.39 is 40.7 Å². The van der Waals surface area contributed by atoms with Gasteiger partial charge < -0.3 is 0 Å². The SMILES string of the molecule is Cc1cccc(C)c1NS(=O)(=O)c1cccc(S(=O)(=O)C2CCS(=O)(=O)C2)c1. The number of sulfonamides is 1. The fourth-order valence-corrected chi connectivity index (χ4v) is 8.91. The number of rotatable bonds is 5. The van der Waals surface area contributed by atoms with Crippen LogP contribution in [0.5, 0.6) is 0 Å². The van der Waals surface area contributed by atoms with E-state index >= 15 is 0 Å². The molecule has 1 fully saturated rings. The smallest absolute Gasteiger partial charge is 0.261 e. The zero-order valence-corrected chi connectivity index (χ0v) is 17.9. The Bertz CT molecular complexity index is 1210. The van der Waals surface area contributed by atoms with E-state index in [0.29, 0.717) is 5.69 Å². The molecule has 1 aliphatic rings.